The van der Waals surface area contributed by atoms with Crippen molar-refractivity contribution >= 4 is 22.7 Å². The predicted molar refractivity (Wildman–Crippen MR) is 75.3 cm³/mol. The predicted octanol–water partition coefficient (Wildman–Crippen LogP) is 2.01. The number of hydrogen-bond acceptors (Lipinski definition) is 4. The van der Waals surface area contributed by atoms with Crippen molar-refractivity contribution in [3.05, 3.63) is 48.0 Å². The van der Waals surface area contributed by atoms with E-state index in [1.165, 1.54) is 0 Å². The van der Waals surface area contributed by atoms with E-state index in [0.717, 1.165) is 16.9 Å². The summed E-state index contributed by atoms with van der Waals surface area (Å²) in [4.78, 5) is 0. The summed E-state index contributed by atoms with van der Waals surface area (Å²) < 4.78 is 0. The van der Waals surface area contributed by atoms with Gasteiger partial charge in [0.25, 0.3) is 0 Å². The molecule has 0 unspecified atom stereocenters. The Morgan fingerprint density at radius 3 is 1.24 bits per heavy atom. The van der Waals surface area contributed by atoms with Gasteiger partial charge >= 0.3 is 0 Å². The molecule has 0 aliphatic carbocycles. The van der Waals surface area contributed by atoms with Crippen LogP contribution in [0.25, 0.3) is 0 Å². The Hall–Kier alpha value is -2.36. The molecule has 8 N–H and O–H groups in total. The van der Waals surface area contributed by atoms with E-state index in [2.05, 4.69) is 0 Å². The van der Waals surface area contributed by atoms with E-state index in [4.69, 9.17) is 22.9 Å². The lowest BCUT2D eigenvalue weighted by Gasteiger charge is -2.00. The quantitative estimate of drug-likeness (QED) is 0.519. The third kappa shape index (κ3) is 3.61. The monoisotopic (exact) mass is 230 g/mol. The van der Waals surface area contributed by atoms with Gasteiger partial charge < -0.3 is 22.9 Å². The summed E-state index contributed by atoms with van der Waals surface area (Å²) >= 11 is 0. The molecule has 17 heavy (non-hydrogen) atoms. The third-order valence-electron chi connectivity index (χ3n) is 2.41. The summed E-state index contributed by atoms with van der Waals surface area (Å²) in [5, 5.41) is 0. The van der Waals surface area contributed by atoms with Crippen molar-refractivity contribution in [2.24, 2.45) is 0 Å². The van der Waals surface area contributed by atoms with Crippen molar-refractivity contribution in [3.63, 3.8) is 0 Å². The van der Waals surface area contributed by atoms with Crippen LogP contribution >= 0.6 is 0 Å². The fraction of sp³-hybridized carbons (Fsp3) is 0.0769. The molecule has 0 fully saturated rings. The van der Waals surface area contributed by atoms with Crippen LogP contribution in [0.1, 0.15) is 5.56 Å². The normalized spacial score (nSPS) is 9.24. The second kappa shape index (κ2) is 5.65. The van der Waals surface area contributed by atoms with E-state index in [9.17, 15) is 0 Å². The minimum absolute atomic E-state index is 0.646. The smallest absolute Gasteiger partial charge is 0.0547 e. The molecule has 0 heterocycles. The first-order valence-electron chi connectivity index (χ1n) is 5.23. The molecular formula is C13H18N4. The van der Waals surface area contributed by atoms with Gasteiger partial charge in [-0.3, -0.25) is 0 Å². The molecule has 0 aliphatic rings. The average molecular weight is 230 g/mol. The summed E-state index contributed by atoms with van der Waals surface area (Å²) in [5.41, 5.74) is 25.7. The molecule has 2 rings (SSSR count). The van der Waals surface area contributed by atoms with Gasteiger partial charge in [-0.05, 0) is 36.8 Å². The highest BCUT2D eigenvalue weighted by molar-refractivity contribution is 5.62. The zero-order valence-electron chi connectivity index (χ0n) is 9.85. The number of nitrogen functional groups attached to an aromatic ring is 4. The Bertz CT molecular complexity index is 453. The van der Waals surface area contributed by atoms with Gasteiger partial charge in [0.1, 0.15) is 0 Å². The first kappa shape index (κ1) is 12.7. The molecule has 0 atom stereocenters. The number of anilines is 4. The Morgan fingerprint density at radius 1 is 0.588 bits per heavy atom. The fourth-order valence-electron chi connectivity index (χ4n) is 1.18. The molecule has 2 aromatic carbocycles. The molecule has 0 radical (unpaired) electrons. The molecule has 4 heteroatoms. The van der Waals surface area contributed by atoms with Gasteiger partial charge in [0.05, 0.1) is 11.4 Å². The van der Waals surface area contributed by atoms with E-state index in [1.807, 2.05) is 37.3 Å². The number of para-hydroxylation sites is 2. The number of benzene rings is 2. The van der Waals surface area contributed by atoms with Crippen LogP contribution in [0, 0.1) is 6.92 Å². The van der Waals surface area contributed by atoms with E-state index in [1.54, 1.807) is 12.1 Å². The highest BCUT2D eigenvalue weighted by atomic mass is 14.7. The Balaban J connectivity index is 0.000000171. The van der Waals surface area contributed by atoms with E-state index in [-0.39, 0.29) is 0 Å². The Kier molecular flexibility index (Phi) is 4.22. The van der Waals surface area contributed by atoms with Crippen LogP contribution in [0.4, 0.5) is 22.7 Å². The van der Waals surface area contributed by atoms with Gasteiger partial charge in [-0.2, -0.15) is 0 Å². The molecular weight excluding hydrogens is 212 g/mol. The highest BCUT2D eigenvalue weighted by Crippen LogP contribution is 2.16. The van der Waals surface area contributed by atoms with Crippen molar-refractivity contribution in [2.75, 3.05) is 22.9 Å². The summed E-state index contributed by atoms with van der Waals surface area (Å²) in [6.07, 6.45) is 0. The van der Waals surface area contributed by atoms with Crippen LogP contribution in [-0.2, 0) is 0 Å². The SMILES string of the molecule is Cc1c(N)cccc1N.Nc1ccccc1N. The summed E-state index contributed by atoms with van der Waals surface area (Å²) in [5.74, 6) is 0. The van der Waals surface area contributed by atoms with Crippen LogP contribution in [-0.4, -0.2) is 0 Å². The minimum Gasteiger partial charge on any atom is -0.398 e. The maximum absolute atomic E-state index is 5.54. The molecule has 0 bridgehead atoms. The molecule has 90 valence electrons. The van der Waals surface area contributed by atoms with Crippen molar-refractivity contribution in [3.8, 4) is 0 Å². The zero-order valence-corrected chi connectivity index (χ0v) is 9.85. The van der Waals surface area contributed by atoms with Crippen LogP contribution in [0.3, 0.4) is 0 Å². The molecule has 0 spiro atoms. The summed E-state index contributed by atoms with van der Waals surface area (Å²) in [6, 6.07) is 12.8. The lowest BCUT2D eigenvalue weighted by molar-refractivity contribution is 1.47. The highest BCUT2D eigenvalue weighted by Gasteiger charge is 1.93. The summed E-state index contributed by atoms with van der Waals surface area (Å²) in [6.45, 7) is 1.91. The lowest BCUT2D eigenvalue weighted by Crippen LogP contribution is -1.94. The number of rotatable bonds is 0. The van der Waals surface area contributed by atoms with Crippen molar-refractivity contribution < 1.29 is 0 Å². The number of nitrogens with two attached hydrogens (primary N) is 4. The van der Waals surface area contributed by atoms with E-state index < -0.39 is 0 Å². The topological polar surface area (TPSA) is 104 Å². The van der Waals surface area contributed by atoms with Crippen LogP contribution in [0.15, 0.2) is 42.5 Å². The van der Waals surface area contributed by atoms with Gasteiger partial charge in [-0.1, -0.05) is 18.2 Å². The fourth-order valence-corrected chi connectivity index (χ4v) is 1.18. The molecule has 4 nitrogen and oxygen atoms in total. The van der Waals surface area contributed by atoms with Crippen molar-refractivity contribution in [1.29, 1.82) is 0 Å². The van der Waals surface area contributed by atoms with Crippen molar-refractivity contribution in [2.45, 2.75) is 6.92 Å². The Morgan fingerprint density at radius 2 is 0.941 bits per heavy atom. The zero-order chi connectivity index (χ0) is 12.8. The minimum atomic E-state index is 0.646. The molecule has 0 amide bonds. The first-order chi connectivity index (χ1) is 8.02. The van der Waals surface area contributed by atoms with Gasteiger partial charge in [0.2, 0.25) is 0 Å². The standard InChI is InChI=1S/C7H10N2.C6H8N2/c1-5-6(8)3-2-4-7(5)9;7-5-3-1-2-4-6(5)8/h2-4H,8-9H2,1H3;1-4H,7-8H2. The van der Waals surface area contributed by atoms with Gasteiger partial charge in [0.15, 0.2) is 0 Å². The average Bonchev–Trinajstić information content (AvgIpc) is 2.31. The molecule has 0 aromatic heterocycles. The maximum atomic E-state index is 5.54. The van der Waals surface area contributed by atoms with E-state index >= 15 is 0 Å². The molecule has 0 saturated carbocycles. The first-order valence-corrected chi connectivity index (χ1v) is 5.23. The molecule has 0 aliphatic heterocycles. The largest absolute Gasteiger partial charge is 0.398 e. The maximum Gasteiger partial charge on any atom is 0.0547 e. The Labute approximate surface area is 101 Å². The van der Waals surface area contributed by atoms with Crippen molar-refractivity contribution in [1.82, 2.24) is 0 Å². The van der Waals surface area contributed by atoms with E-state index in [0.29, 0.717) is 11.4 Å². The van der Waals surface area contributed by atoms with Crippen LogP contribution < -0.4 is 22.9 Å². The van der Waals surface area contributed by atoms with Crippen LogP contribution in [0.5, 0.6) is 0 Å². The summed E-state index contributed by atoms with van der Waals surface area (Å²) in [7, 11) is 0. The second-order valence-electron chi connectivity index (χ2n) is 3.69. The van der Waals surface area contributed by atoms with Gasteiger partial charge in [0, 0.05) is 11.4 Å². The molecule has 0 saturated heterocycles. The van der Waals surface area contributed by atoms with Gasteiger partial charge in [-0.25, -0.2) is 0 Å². The van der Waals surface area contributed by atoms with Crippen LogP contribution in [0.2, 0.25) is 0 Å². The third-order valence-corrected chi connectivity index (χ3v) is 2.41. The number of hydrogen-bond donors (Lipinski definition) is 4. The second-order valence-corrected chi connectivity index (χ2v) is 3.69. The molecule has 2 aromatic rings. The van der Waals surface area contributed by atoms with Gasteiger partial charge in [-0.15, -0.1) is 0 Å². The lowest BCUT2D eigenvalue weighted by atomic mass is 10.2.